The predicted molar refractivity (Wildman–Crippen MR) is 56.4 cm³/mol. The standard InChI is InChI=1S/C11H10N2O2/c12-11(14)7-15-9-3-4-10-8(6-9)2-1-5-13-10/h1-6H,7H2,(H2,12,14). The Morgan fingerprint density at radius 3 is 3.07 bits per heavy atom. The molecule has 0 fully saturated rings. The van der Waals surface area contributed by atoms with Gasteiger partial charge in [0.05, 0.1) is 5.52 Å². The summed E-state index contributed by atoms with van der Waals surface area (Å²) in [5, 5.41) is 0.972. The van der Waals surface area contributed by atoms with Crippen LogP contribution in [0.3, 0.4) is 0 Å². The maximum absolute atomic E-state index is 10.5. The minimum absolute atomic E-state index is 0.105. The second kappa shape index (κ2) is 3.96. The molecular formula is C11H10N2O2. The number of rotatable bonds is 3. The summed E-state index contributed by atoms with van der Waals surface area (Å²) in [6.45, 7) is -0.105. The van der Waals surface area contributed by atoms with Gasteiger partial charge in [-0.15, -0.1) is 0 Å². The van der Waals surface area contributed by atoms with Crippen LogP contribution < -0.4 is 10.5 Å². The van der Waals surface area contributed by atoms with Crippen molar-refractivity contribution in [3.63, 3.8) is 0 Å². The number of carbonyl (C=O) groups is 1. The Balaban J connectivity index is 2.26. The molecule has 0 aliphatic carbocycles. The lowest BCUT2D eigenvalue weighted by atomic mass is 10.2. The molecule has 1 aromatic heterocycles. The van der Waals surface area contributed by atoms with Gasteiger partial charge in [0.25, 0.3) is 5.91 Å². The normalized spacial score (nSPS) is 10.1. The van der Waals surface area contributed by atoms with Crippen LogP contribution in [-0.2, 0) is 4.79 Å². The number of hydrogen-bond acceptors (Lipinski definition) is 3. The molecule has 1 heterocycles. The van der Waals surface area contributed by atoms with E-state index in [1.54, 1.807) is 12.3 Å². The van der Waals surface area contributed by atoms with Crippen molar-refractivity contribution in [2.24, 2.45) is 5.73 Å². The first-order valence-electron chi connectivity index (χ1n) is 4.51. The summed E-state index contributed by atoms with van der Waals surface area (Å²) in [4.78, 5) is 14.7. The van der Waals surface area contributed by atoms with E-state index in [4.69, 9.17) is 10.5 Å². The van der Waals surface area contributed by atoms with Crippen molar-refractivity contribution in [3.8, 4) is 5.75 Å². The van der Waals surface area contributed by atoms with Gasteiger partial charge in [-0.2, -0.15) is 0 Å². The molecule has 15 heavy (non-hydrogen) atoms. The number of benzene rings is 1. The molecule has 1 amide bonds. The number of primary amides is 1. The molecular weight excluding hydrogens is 192 g/mol. The van der Waals surface area contributed by atoms with Crippen molar-refractivity contribution in [2.45, 2.75) is 0 Å². The quantitative estimate of drug-likeness (QED) is 0.810. The van der Waals surface area contributed by atoms with Crippen LogP contribution in [0.4, 0.5) is 0 Å². The maximum atomic E-state index is 10.5. The highest BCUT2D eigenvalue weighted by atomic mass is 16.5. The Kier molecular flexibility index (Phi) is 2.49. The Morgan fingerprint density at radius 1 is 1.40 bits per heavy atom. The Bertz CT molecular complexity index is 497. The summed E-state index contributed by atoms with van der Waals surface area (Å²) in [5.41, 5.74) is 5.87. The van der Waals surface area contributed by atoms with Gasteiger partial charge >= 0.3 is 0 Å². The van der Waals surface area contributed by atoms with Gasteiger partial charge in [-0.05, 0) is 24.3 Å². The van der Waals surface area contributed by atoms with Gasteiger partial charge in [-0.25, -0.2) is 0 Å². The van der Waals surface area contributed by atoms with Gasteiger partial charge in [0.2, 0.25) is 0 Å². The summed E-state index contributed by atoms with van der Waals surface area (Å²) in [6.07, 6.45) is 1.73. The topological polar surface area (TPSA) is 65.2 Å². The van der Waals surface area contributed by atoms with E-state index in [1.165, 1.54) is 0 Å². The number of pyridine rings is 1. The number of aromatic nitrogens is 1. The van der Waals surface area contributed by atoms with E-state index in [9.17, 15) is 4.79 Å². The van der Waals surface area contributed by atoms with Gasteiger partial charge in [0.15, 0.2) is 6.61 Å². The van der Waals surface area contributed by atoms with Crippen LogP contribution in [0.1, 0.15) is 0 Å². The highest BCUT2D eigenvalue weighted by Gasteiger charge is 1.99. The first kappa shape index (κ1) is 9.45. The Hall–Kier alpha value is -2.10. The molecule has 4 nitrogen and oxygen atoms in total. The lowest BCUT2D eigenvalue weighted by Crippen LogP contribution is -2.19. The summed E-state index contributed by atoms with van der Waals surface area (Å²) in [5.74, 6) is 0.135. The smallest absolute Gasteiger partial charge is 0.255 e. The highest BCUT2D eigenvalue weighted by molar-refractivity contribution is 5.80. The van der Waals surface area contributed by atoms with E-state index < -0.39 is 5.91 Å². The fourth-order valence-electron chi connectivity index (χ4n) is 1.30. The van der Waals surface area contributed by atoms with Crippen LogP contribution in [-0.4, -0.2) is 17.5 Å². The molecule has 0 aliphatic heterocycles. The average molecular weight is 202 g/mol. The number of ether oxygens (including phenoxy) is 1. The van der Waals surface area contributed by atoms with E-state index in [-0.39, 0.29) is 6.61 Å². The number of nitrogens with zero attached hydrogens (tertiary/aromatic N) is 1. The number of nitrogens with two attached hydrogens (primary N) is 1. The summed E-state index contributed by atoms with van der Waals surface area (Å²) in [6, 6.07) is 9.20. The zero-order chi connectivity index (χ0) is 10.7. The van der Waals surface area contributed by atoms with E-state index in [2.05, 4.69) is 4.98 Å². The molecule has 4 heteroatoms. The molecule has 2 aromatic rings. The van der Waals surface area contributed by atoms with Crippen LogP contribution in [0.15, 0.2) is 36.5 Å². The molecule has 0 saturated heterocycles. The monoisotopic (exact) mass is 202 g/mol. The van der Waals surface area contributed by atoms with Crippen LogP contribution >= 0.6 is 0 Å². The van der Waals surface area contributed by atoms with Crippen LogP contribution in [0.5, 0.6) is 5.75 Å². The van der Waals surface area contributed by atoms with Gasteiger partial charge in [-0.3, -0.25) is 9.78 Å². The zero-order valence-corrected chi connectivity index (χ0v) is 8.01. The van der Waals surface area contributed by atoms with Gasteiger partial charge in [-0.1, -0.05) is 6.07 Å². The predicted octanol–water partition coefficient (Wildman–Crippen LogP) is 1.10. The van der Waals surface area contributed by atoms with Crippen molar-refractivity contribution in [3.05, 3.63) is 36.5 Å². The molecule has 0 saturated carbocycles. The lowest BCUT2D eigenvalue weighted by molar-refractivity contribution is -0.119. The summed E-state index contributed by atoms with van der Waals surface area (Å²) < 4.78 is 5.17. The maximum Gasteiger partial charge on any atom is 0.255 e. The summed E-state index contributed by atoms with van der Waals surface area (Å²) >= 11 is 0. The number of amides is 1. The van der Waals surface area contributed by atoms with E-state index in [0.717, 1.165) is 10.9 Å². The van der Waals surface area contributed by atoms with Crippen molar-refractivity contribution in [2.75, 3.05) is 6.61 Å². The number of carbonyl (C=O) groups excluding carboxylic acids is 1. The minimum atomic E-state index is -0.485. The van der Waals surface area contributed by atoms with Crippen LogP contribution in [0.25, 0.3) is 10.9 Å². The second-order valence-electron chi connectivity index (χ2n) is 3.11. The van der Waals surface area contributed by atoms with E-state index in [0.29, 0.717) is 5.75 Å². The Labute approximate surface area is 86.7 Å². The first-order chi connectivity index (χ1) is 7.25. The summed E-state index contributed by atoms with van der Waals surface area (Å²) in [7, 11) is 0. The zero-order valence-electron chi connectivity index (χ0n) is 8.01. The molecule has 2 N–H and O–H groups in total. The van der Waals surface area contributed by atoms with Crippen molar-refractivity contribution in [1.29, 1.82) is 0 Å². The largest absolute Gasteiger partial charge is 0.484 e. The molecule has 76 valence electrons. The molecule has 0 spiro atoms. The van der Waals surface area contributed by atoms with Crippen molar-refractivity contribution in [1.82, 2.24) is 4.98 Å². The van der Waals surface area contributed by atoms with Crippen LogP contribution in [0.2, 0.25) is 0 Å². The minimum Gasteiger partial charge on any atom is -0.484 e. The van der Waals surface area contributed by atoms with E-state index in [1.807, 2.05) is 24.3 Å². The first-order valence-corrected chi connectivity index (χ1v) is 4.51. The van der Waals surface area contributed by atoms with Gasteiger partial charge in [0, 0.05) is 11.6 Å². The molecule has 0 unspecified atom stereocenters. The van der Waals surface area contributed by atoms with Gasteiger partial charge in [0.1, 0.15) is 5.75 Å². The molecule has 1 aromatic carbocycles. The Morgan fingerprint density at radius 2 is 2.27 bits per heavy atom. The number of fused-ring (bicyclic) bond motifs is 1. The molecule has 2 rings (SSSR count). The average Bonchev–Trinajstić information content (AvgIpc) is 2.26. The lowest BCUT2D eigenvalue weighted by Gasteiger charge is -2.04. The third-order valence-corrected chi connectivity index (χ3v) is 1.96. The highest BCUT2D eigenvalue weighted by Crippen LogP contribution is 2.18. The van der Waals surface area contributed by atoms with Crippen LogP contribution in [0, 0.1) is 0 Å². The second-order valence-corrected chi connectivity index (χ2v) is 3.11. The third kappa shape index (κ3) is 2.22. The fourth-order valence-corrected chi connectivity index (χ4v) is 1.30. The molecule has 0 radical (unpaired) electrons. The van der Waals surface area contributed by atoms with Gasteiger partial charge < -0.3 is 10.5 Å². The molecule has 0 aliphatic rings. The SMILES string of the molecule is NC(=O)COc1ccc2ncccc2c1. The number of hydrogen-bond donors (Lipinski definition) is 1. The molecule has 0 atom stereocenters. The fraction of sp³-hybridized carbons (Fsp3) is 0.0909. The third-order valence-electron chi connectivity index (χ3n) is 1.96. The molecule has 0 bridgehead atoms. The van der Waals surface area contributed by atoms with Crippen molar-refractivity contribution >= 4 is 16.8 Å². The van der Waals surface area contributed by atoms with Crippen molar-refractivity contribution < 1.29 is 9.53 Å². The van der Waals surface area contributed by atoms with E-state index >= 15 is 0 Å².